The van der Waals surface area contributed by atoms with Gasteiger partial charge in [-0.25, -0.2) is 22.4 Å². The van der Waals surface area contributed by atoms with Gasteiger partial charge in [0, 0.05) is 20.1 Å². The van der Waals surface area contributed by atoms with Crippen LogP contribution in [0.4, 0.5) is 10.1 Å². The number of hydrogen-bond acceptors (Lipinski definition) is 8. The zero-order valence-electron chi connectivity index (χ0n) is 17.0. The third kappa shape index (κ3) is 6.43. The van der Waals surface area contributed by atoms with E-state index >= 15 is 0 Å². The van der Waals surface area contributed by atoms with Crippen molar-refractivity contribution in [2.75, 3.05) is 45.6 Å². The van der Waals surface area contributed by atoms with E-state index in [9.17, 15) is 12.8 Å². The quantitative estimate of drug-likeness (QED) is 0.426. The fourth-order valence-electron chi connectivity index (χ4n) is 3.01. The first-order chi connectivity index (χ1) is 14.8. The summed E-state index contributed by atoms with van der Waals surface area (Å²) >= 11 is 5.75. The van der Waals surface area contributed by atoms with Gasteiger partial charge in [-0.05, 0) is 36.3 Å². The molecular weight excluding hydrogens is 451 g/mol. The zero-order chi connectivity index (χ0) is 22.4. The molecule has 1 aliphatic heterocycles. The summed E-state index contributed by atoms with van der Waals surface area (Å²) in [5.41, 5.74) is 6.61. The number of morpholine rings is 1. The molecule has 13 heteroatoms. The standard InChI is InChI=1S/C18H24ClFN6O4S/c1-25(31(27,28)10-2-5-26-6-8-29-9-7-26)12-16-17(24-30-23-16)18(21)22-13-3-4-15(20)14(19)11-13/h3-4,11H,2,5-10,12H2,1H3,(H2,21,22). The molecular formula is C18H24ClFN6O4S. The molecule has 3 rings (SSSR count). The van der Waals surface area contributed by atoms with Gasteiger partial charge in [-0.2, -0.15) is 4.31 Å². The van der Waals surface area contributed by atoms with E-state index in [4.69, 9.17) is 26.7 Å². The van der Waals surface area contributed by atoms with Gasteiger partial charge >= 0.3 is 0 Å². The highest BCUT2D eigenvalue weighted by molar-refractivity contribution is 7.89. The van der Waals surface area contributed by atoms with Crippen LogP contribution in [0.3, 0.4) is 0 Å². The monoisotopic (exact) mass is 474 g/mol. The van der Waals surface area contributed by atoms with Gasteiger partial charge < -0.3 is 10.5 Å². The molecule has 2 heterocycles. The second kappa shape index (κ2) is 10.5. The Morgan fingerprint density at radius 1 is 1.35 bits per heavy atom. The van der Waals surface area contributed by atoms with Gasteiger partial charge in [0.2, 0.25) is 10.0 Å². The van der Waals surface area contributed by atoms with Crippen LogP contribution in [0.5, 0.6) is 0 Å². The molecule has 31 heavy (non-hydrogen) atoms. The van der Waals surface area contributed by atoms with E-state index in [1.54, 1.807) is 0 Å². The Labute approximate surface area is 184 Å². The highest BCUT2D eigenvalue weighted by Crippen LogP contribution is 2.22. The molecule has 1 aromatic heterocycles. The second-order valence-electron chi connectivity index (χ2n) is 7.03. The van der Waals surface area contributed by atoms with E-state index in [0.717, 1.165) is 19.2 Å². The highest BCUT2D eigenvalue weighted by Gasteiger charge is 2.23. The van der Waals surface area contributed by atoms with Crippen molar-refractivity contribution in [3.63, 3.8) is 0 Å². The summed E-state index contributed by atoms with van der Waals surface area (Å²) in [4.78, 5) is 6.31. The normalized spacial score (nSPS) is 16.2. The van der Waals surface area contributed by atoms with Crippen LogP contribution in [0.2, 0.25) is 5.02 Å². The molecule has 1 saturated heterocycles. The lowest BCUT2D eigenvalue weighted by Crippen LogP contribution is -2.38. The van der Waals surface area contributed by atoms with E-state index in [0.29, 0.717) is 31.9 Å². The summed E-state index contributed by atoms with van der Waals surface area (Å²) in [6, 6.07) is 3.86. The molecule has 0 saturated carbocycles. The molecule has 1 fully saturated rings. The summed E-state index contributed by atoms with van der Waals surface area (Å²) in [5, 5.41) is 7.38. The highest BCUT2D eigenvalue weighted by atomic mass is 35.5. The van der Waals surface area contributed by atoms with E-state index in [1.165, 1.54) is 23.5 Å². The average molecular weight is 475 g/mol. The van der Waals surface area contributed by atoms with Crippen LogP contribution in [0.15, 0.2) is 27.8 Å². The fourth-order valence-corrected chi connectivity index (χ4v) is 4.31. The van der Waals surface area contributed by atoms with Crippen molar-refractivity contribution in [2.24, 2.45) is 10.7 Å². The van der Waals surface area contributed by atoms with Gasteiger partial charge in [0.1, 0.15) is 11.5 Å². The largest absolute Gasteiger partial charge is 0.382 e. The van der Waals surface area contributed by atoms with Crippen molar-refractivity contribution in [3.8, 4) is 0 Å². The minimum absolute atomic E-state index is 0.000873. The van der Waals surface area contributed by atoms with Crippen LogP contribution < -0.4 is 5.73 Å². The lowest BCUT2D eigenvalue weighted by Gasteiger charge is -2.26. The topological polar surface area (TPSA) is 127 Å². The molecule has 0 amide bonds. The summed E-state index contributed by atoms with van der Waals surface area (Å²) in [5.74, 6) is -0.639. The van der Waals surface area contributed by atoms with Crippen molar-refractivity contribution >= 4 is 33.1 Å². The van der Waals surface area contributed by atoms with Crippen molar-refractivity contribution in [1.82, 2.24) is 19.5 Å². The molecule has 0 aliphatic carbocycles. The van der Waals surface area contributed by atoms with Crippen molar-refractivity contribution < 1.29 is 22.2 Å². The van der Waals surface area contributed by atoms with Gasteiger partial charge in [0.25, 0.3) is 0 Å². The van der Waals surface area contributed by atoms with Crippen LogP contribution in [0, 0.1) is 5.82 Å². The van der Waals surface area contributed by atoms with Gasteiger partial charge in [0.15, 0.2) is 11.5 Å². The Bertz CT molecular complexity index is 1030. The number of benzene rings is 1. The number of nitrogens with zero attached hydrogens (tertiary/aromatic N) is 5. The van der Waals surface area contributed by atoms with Gasteiger partial charge in [-0.15, -0.1) is 0 Å². The van der Waals surface area contributed by atoms with Gasteiger partial charge in [-0.1, -0.05) is 16.8 Å². The number of aromatic nitrogens is 2. The molecule has 1 aliphatic rings. The Balaban J connectivity index is 1.62. The maximum absolute atomic E-state index is 13.3. The molecule has 0 spiro atoms. The summed E-state index contributed by atoms with van der Waals surface area (Å²) in [6.45, 7) is 3.55. The maximum atomic E-state index is 13.3. The first-order valence-corrected chi connectivity index (χ1v) is 11.6. The Morgan fingerprint density at radius 3 is 2.81 bits per heavy atom. The zero-order valence-corrected chi connectivity index (χ0v) is 18.6. The first-order valence-electron chi connectivity index (χ1n) is 9.61. The predicted molar refractivity (Wildman–Crippen MR) is 113 cm³/mol. The molecule has 1 aromatic carbocycles. The van der Waals surface area contributed by atoms with E-state index < -0.39 is 15.8 Å². The van der Waals surface area contributed by atoms with Crippen LogP contribution in [-0.4, -0.2) is 79.4 Å². The number of amidine groups is 1. The molecule has 0 atom stereocenters. The molecule has 170 valence electrons. The van der Waals surface area contributed by atoms with E-state index in [1.807, 2.05) is 0 Å². The fraction of sp³-hybridized carbons (Fsp3) is 0.500. The second-order valence-corrected chi connectivity index (χ2v) is 9.64. The lowest BCUT2D eigenvalue weighted by atomic mass is 10.3. The Morgan fingerprint density at radius 2 is 2.10 bits per heavy atom. The van der Waals surface area contributed by atoms with E-state index in [-0.39, 0.29) is 34.5 Å². The van der Waals surface area contributed by atoms with Gasteiger partial charge in [0.05, 0.1) is 36.2 Å². The third-order valence-corrected chi connectivity index (χ3v) is 6.95. The van der Waals surface area contributed by atoms with E-state index in [2.05, 4.69) is 20.2 Å². The van der Waals surface area contributed by atoms with Crippen LogP contribution in [-0.2, 0) is 21.3 Å². The number of nitrogens with two attached hydrogens (primary N) is 1. The molecule has 0 unspecified atom stereocenters. The minimum Gasteiger partial charge on any atom is -0.382 e. The number of ether oxygens (including phenoxy) is 1. The lowest BCUT2D eigenvalue weighted by molar-refractivity contribution is 0.0380. The molecule has 10 nitrogen and oxygen atoms in total. The van der Waals surface area contributed by atoms with Crippen LogP contribution in [0.25, 0.3) is 0 Å². The van der Waals surface area contributed by atoms with Gasteiger partial charge in [-0.3, -0.25) is 4.90 Å². The summed E-state index contributed by atoms with van der Waals surface area (Å²) in [6.07, 6.45) is 0.505. The SMILES string of the molecule is CN(Cc1nonc1C(N)=Nc1ccc(F)c(Cl)c1)S(=O)(=O)CCCN1CCOCC1. The molecule has 2 N–H and O–H groups in total. The van der Waals surface area contributed by atoms with Crippen molar-refractivity contribution in [1.29, 1.82) is 0 Å². The van der Waals surface area contributed by atoms with Crippen molar-refractivity contribution in [3.05, 3.63) is 40.4 Å². The van der Waals surface area contributed by atoms with Crippen LogP contribution >= 0.6 is 11.6 Å². The number of halogens is 2. The van der Waals surface area contributed by atoms with Crippen molar-refractivity contribution in [2.45, 2.75) is 13.0 Å². The number of aliphatic imine (C=N–C) groups is 1. The Hall–Kier alpha value is -2.12. The summed E-state index contributed by atoms with van der Waals surface area (Å²) < 4.78 is 49.8. The first kappa shape index (κ1) is 23.5. The summed E-state index contributed by atoms with van der Waals surface area (Å²) in [7, 11) is -2.07. The molecule has 2 aromatic rings. The average Bonchev–Trinajstić information content (AvgIpc) is 3.19. The number of rotatable bonds is 9. The smallest absolute Gasteiger partial charge is 0.214 e. The molecule has 0 radical (unpaired) electrons. The van der Waals surface area contributed by atoms with Crippen LogP contribution in [0.1, 0.15) is 17.8 Å². The maximum Gasteiger partial charge on any atom is 0.214 e. The molecule has 0 bridgehead atoms. The minimum atomic E-state index is -3.52. The Kier molecular flexibility index (Phi) is 7.94. The third-order valence-electron chi connectivity index (χ3n) is 4.78. The number of sulfonamides is 1. The predicted octanol–water partition coefficient (Wildman–Crippen LogP) is 1.38. The number of hydrogen-bond donors (Lipinski definition) is 1.